The molecule has 1 N–H and O–H groups in total. The number of para-hydroxylation sites is 1. The highest BCUT2D eigenvalue weighted by atomic mass is 16.7. The Bertz CT molecular complexity index is 1390. The number of urea groups is 1. The number of hydrogen-bond acceptors (Lipinski definition) is 7. The first-order chi connectivity index (χ1) is 16.5. The van der Waals surface area contributed by atoms with Crippen LogP contribution >= 0.6 is 0 Å². The average Bonchev–Trinajstić information content (AvgIpc) is 3.41. The Labute approximate surface area is 193 Å². The molecule has 172 valence electrons. The first kappa shape index (κ1) is 21.3. The number of nitrogens with zero attached hydrogens (tertiary/aromatic N) is 2. The molecule has 3 aromatic rings. The average molecular weight is 461 g/mol. The number of hydrogen-bond donors (Lipinski definition) is 1. The van der Waals surface area contributed by atoms with Crippen molar-refractivity contribution in [3.05, 3.63) is 59.8 Å². The topological polar surface area (TPSA) is 116 Å². The monoisotopic (exact) mass is 461 g/mol. The van der Waals surface area contributed by atoms with Crippen LogP contribution in [0.2, 0.25) is 0 Å². The number of barbiturate groups is 1. The van der Waals surface area contributed by atoms with Crippen molar-refractivity contribution >= 4 is 46.5 Å². The second-order valence-corrected chi connectivity index (χ2v) is 7.53. The van der Waals surface area contributed by atoms with Crippen LogP contribution in [0.1, 0.15) is 12.5 Å². The molecule has 0 unspecified atom stereocenters. The van der Waals surface area contributed by atoms with Crippen molar-refractivity contribution in [2.45, 2.75) is 13.5 Å². The Morgan fingerprint density at radius 3 is 2.74 bits per heavy atom. The Hall–Kier alpha value is -4.60. The maximum atomic E-state index is 13.3. The molecule has 34 heavy (non-hydrogen) atoms. The van der Waals surface area contributed by atoms with Gasteiger partial charge in [0.15, 0.2) is 11.5 Å². The summed E-state index contributed by atoms with van der Waals surface area (Å²) in [6.45, 7) is 1.99. The summed E-state index contributed by atoms with van der Waals surface area (Å²) in [6.07, 6.45) is 3.07. The molecule has 0 saturated carbocycles. The lowest BCUT2D eigenvalue weighted by Crippen LogP contribution is -2.54. The zero-order valence-electron chi connectivity index (χ0n) is 18.1. The molecule has 10 heteroatoms. The van der Waals surface area contributed by atoms with Crippen LogP contribution in [0.5, 0.6) is 11.5 Å². The molecule has 2 aliphatic heterocycles. The molecule has 1 aromatic heterocycles. The van der Waals surface area contributed by atoms with Gasteiger partial charge in [-0.2, -0.15) is 0 Å². The summed E-state index contributed by atoms with van der Waals surface area (Å²) >= 11 is 0. The SMILES string of the molecule is CCOC(=O)Cn1cc(C=C2C(=O)NC(=O)N(c3ccc4c(c3)OCO4)C2=O)c2ccccc21. The minimum atomic E-state index is -0.865. The Morgan fingerprint density at radius 1 is 1.12 bits per heavy atom. The van der Waals surface area contributed by atoms with Gasteiger partial charge in [-0.3, -0.25) is 19.7 Å². The van der Waals surface area contributed by atoms with Crippen molar-refractivity contribution in [2.75, 3.05) is 18.3 Å². The molecule has 0 spiro atoms. The van der Waals surface area contributed by atoms with Crippen molar-refractivity contribution in [3.63, 3.8) is 0 Å². The van der Waals surface area contributed by atoms with Crippen molar-refractivity contribution < 1.29 is 33.4 Å². The van der Waals surface area contributed by atoms with Gasteiger partial charge in [0.2, 0.25) is 6.79 Å². The molecule has 10 nitrogen and oxygen atoms in total. The van der Waals surface area contributed by atoms with E-state index in [1.165, 1.54) is 18.2 Å². The fourth-order valence-electron chi connectivity index (χ4n) is 3.94. The number of amides is 4. The smallest absolute Gasteiger partial charge is 0.335 e. The third-order valence-corrected chi connectivity index (χ3v) is 5.44. The number of ether oxygens (including phenoxy) is 3. The summed E-state index contributed by atoms with van der Waals surface area (Å²) in [4.78, 5) is 51.3. The maximum Gasteiger partial charge on any atom is 0.335 e. The van der Waals surface area contributed by atoms with Crippen LogP contribution in [0.4, 0.5) is 10.5 Å². The number of anilines is 1. The Kier molecular flexibility index (Phi) is 5.25. The zero-order valence-corrected chi connectivity index (χ0v) is 18.1. The highest BCUT2D eigenvalue weighted by Gasteiger charge is 2.37. The lowest BCUT2D eigenvalue weighted by atomic mass is 10.1. The molecule has 0 bridgehead atoms. The molecular weight excluding hydrogens is 442 g/mol. The quantitative estimate of drug-likeness (QED) is 0.353. The number of esters is 1. The number of nitrogens with one attached hydrogen (secondary N) is 1. The number of aromatic nitrogens is 1. The molecule has 0 aliphatic carbocycles. The summed E-state index contributed by atoms with van der Waals surface area (Å²) in [5.74, 6) is -1.12. The molecule has 2 aromatic carbocycles. The molecule has 5 rings (SSSR count). The first-order valence-electron chi connectivity index (χ1n) is 10.5. The van der Waals surface area contributed by atoms with E-state index in [1.807, 2.05) is 24.3 Å². The molecule has 1 saturated heterocycles. The number of fused-ring (bicyclic) bond motifs is 2. The summed E-state index contributed by atoms with van der Waals surface area (Å²) in [5, 5.41) is 2.93. The minimum absolute atomic E-state index is 0.0283. The van der Waals surface area contributed by atoms with Crippen molar-refractivity contribution in [1.29, 1.82) is 0 Å². The number of carbonyl (C=O) groups excluding carboxylic acids is 4. The molecule has 3 heterocycles. The third kappa shape index (κ3) is 3.64. The first-order valence-corrected chi connectivity index (χ1v) is 10.5. The van der Waals surface area contributed by atoms with Gasteiger partial charge in [0, 0.05) is 28.7 Å². The number of benzene rings is 2. The van der Waals surface area contributed by atoms with Gasteiger partial charge in [0.25, 0.3) is 11.8 Å². The van der Waals surface area contributed by atoms with E-state index in [9.17, 15) is 19.2 Å². The van der Waals surface area contributed by atoms with E-state index in [-0.39, 0.29) is 31.2 Å². The van der Waals surface area contributed by atoms with Crippen LogP contribution in [0.25, 0.3) is 17.0 Å². The van der Waals surface area contributed by atoms with E-state index >= 15 is 0 Å². The van der Waals surface area contributed by atoms with E-state index in [0.717, 1.165) is 15.8 Å². The fraction of sp³-hybridized carbons (Fsp3) is 0.167. The molecule has 0 atom stereocenters. The second kappa shape index (κ2) is 8.39. The molecular formula is C24H19N3O7. The van der Waals surface area contributed by atoms with E-state index in [1.54, 1.807) is 23.8 Å². The van der Waals surface area contributed by atoms with Crippen molar-refractivity contribution in [1.82, 2.24) is 9.88 Å². The van der Waals surface area contributed by atoms with Crippen LogP contribution in [0.15, 0.2) is 54.2 Å². The number of carbonyl (C=O) groups is 4. The molecule has 1 fully saturated rings. The Morgan fingerprint density at radius 2 is 1.91 bits per heavy atom. The summed E-state index contributed by atoms with van der Waals surface area (Å²) in [7, 11) is 0. The second-order valence-electron chi connectivity index (χ2n) is 7.53. The van der Waals surface area contributed by atoms with Gasteiger partial charge in [-0.05, 0) is 31.2 Å². The zero-order chi connectivity index (χ0) is 23.8. The van der Waals surface area contributed by atoms with Crippen LogP contribution in [0.3, 0.4) is 0 Å². The van der Waals surface area contributed by atoms with Crippen LogP contribution in [0, 0.1) is 0 Å². The highest BCUT2D eigenvalue weighted by Crippen LogP contribution is 2.36. The summed E-state index contributed by atoms with van der Waals surface area (Å²) in [6, 6.07) is 11.0. The lowest BCUT2D eigenvalue weighted by molar-refractivity contribution is -0.143. The molecule has 0 radical (unpaired) electrons. The number of imide groups is 2. The van der Waals surface area contributed by atoms with Crippen LogP contribution < -0.4 is 19.7 Å². The van der Waals surface area contributed by atoms with Crippen LogP contribution in [-0.4, -0.2) is 41.8 Å². The van der Waals surface area contributed by atoms with Crippen molar-refractivity contribution in [2.24, 2.45) is 0 Å². The van der Waals surface area contributed by atoms with E-state index in [0.29, 0.717) is 17.1 Å². The van der Waals surface area contributed by atoms with Gasteiger partial charge in [-0.15, -0.1) is 0 Å². The minimum Gasteiger partial charge on any atom is -0.465 e. The largest absolute Gasteiger partial charge is 0.465 e. The van der Waals surface area contributed by atoms with Gasteiger partial charge in [0.05, 0.1) is 12.3 Å². The van der Waals surface area contributed by atoms with Gasteiger partial charge in [-0.25, -0.2) is 9.69 Å². The van der Waals surface area contributed by atoms with Gasteiger partial charge in [0.1, 0.15) is 12.1 Å². The van der Waals surface area contributed by atoms with Gasteiger partial charge < -0.3 is 18.8 Å². The Balaban J connectivity index is 1.54. The third-order valence-electron chi connectivity index (χ3n) is 5.44. The van der Waals surface area contributed by atoms with Crippen molar-refractivity contribution in [3.8, 4) is 11.5 Å². The highest BCUT2D eigenvalue weighted by molar-refractivity contribution is 6.39. The standard InChI is InChI=1S/C24H19N3O7/c1-2-32-21(28)12-26-11-14(16-5-3-4-6-18(16)26)9-17-22(29)25-24(31)27(23(17)30)15-7-8-19-20(10-15)34-13-33-19/h3-11H,2,12-13H2,1H3,(H,25,29,31). The number of rotatable bonds is 5. The predicted octanol–water partition coefficient (Wildman–Crippen LogP) is 2.60. The lowest BCUT2D eigenvalue weighted by Gasteiger charge is -2.26. The molecule has 2 aliphatic rings. The molecule has 4 amide bonds. The van der Waals surface area contributed by atoms with Gasteiger partial charge in [-0.1, -0.05) is 18.2 Å². The van der Waals surface area contributed by atoms with Gasteiger partial charge >= 0.3 is 12.0 Å². The fourth-order valence-corrected chi connectivity index (χ4v) is 3.94. The summed E-state index contributed by atoms with van der Waals surface area (Å²) in [5.41, 5.74) is 1.28. The van der Waals surface area contributed by atoms with E-state index < -0.39 is 23.8 Å². The predicted molar refractivity (Wildman–Crippen MR) is 120 cm³/mol. The van der Waals surface area contributed by atoms with E-state index in [2.05, 4.69) is 5.32 Å². The van der Waals surface area contributed by atoms with Crippen LogP contribution in [-0.2, 0) is 25.7 Å². The maximum absolute atomic E-state index is 13.3. The summed E-state index contributed by atoms with van der Waals surface area (Å²) < 4.78 is 17.3. The van der Waals surface area contributed by atoms with E-state index in [4.69, 9.17) is 14.2 Å². The normalized spacial score (nSPS) is 16.3.